The normalized spacial score (nSPS) is 14.1. The van der Waals surface area contributed by atoms with Gasteiger partial charge in [0, 0.05) is 25.7 Å². The maximum absolute atomic E-state index is 13.1. The fraction of sp³-hybridized carbons (Fsp3) is 0.947. The Kier molecular flexibility index (Phi) is 64.3. The first-order valence-electron chi connectivity index (χ1n) is 38.8. The van der Waals surface area contributed by atoms with Crippen LogP contribution in [0.4, 0.5) is 0 Å². The number of carbonyl (C=O) groups is 4. The highest BCUT2D eigenvalue weighted by atomic mass is 31.2. The van der Waals surface area contributed by atoms with Gasteiger partial charge in [0.1, 0.15) is 19.3 Å². The van der Waals surface area contributed by atoms with E-state index in [1.807, 2.05) is 0 Å². The summed E-state index contributed by atoms with van der Waals surface area (Å²) < 4.78 is 68.5. The molecule has 0 saturated heterocycles. The molecule has 5 atom stereocenters. The SMILES string of the molecule is CCCCCCCCCCCCC(=O)OC[C@H](COP(=O)(O)OC[C@H](O)COP(=O)(O)OC[C@@H](COC(=O)CCCCCCCCCCCCCC(C)C)OC(=O)CCCCCCCCCCCCCCCCCC(C)C)OC(=O)CCCCCCCCCCCC(C)C. The second-order valence-corrected chi connectivity index (χ2v) is 31.4. The Morgan fingerprint density at radius 2 is 0.489 bits per heavy atom. The van der Waals surface area contributed by atoms with Gasteiger partial charge in [-0.1, -0.05) is 331 Å². The standard InChI is InChI=1S/C75H146O17P2/c1-8-9-10-11-12-13-28-35-42-49-56-72(77)85-62-71(92-75(80)59-52-45-38-31-24-27-34-41-48-55-68(6)7)65-90-94(83,84)88-61-69(76)60-87-93(81,82)89-64-70(63-86-73(78)57-50-43-36-29-23-19-21-26-33-40-47-54-67(4)5)91-74(79)58-51-44-37-30-22-18-16-14-15-17-20-25-32-39-46-53-66(2)3/h66-71,76H,8-65H2,1-7H3,(H,81,82)(H,83,84)/t69-,70-,71-/m1/s1. The van der Waals surface area contributed by atoms with E-state index in [0.29, 0.717) is 25.7 Å². The van der Waals surface area contributed by atoms with Crippen LogP contribution in [-0.4, -0.2) is 96.7 Å². The predicted octanol–water partition coefficient (Wildman–Crippen LogP) is 21.8. The Bertz CT molecular complexity index is 1840. The van der Waals surface area contributed by atoms with Gasteiger partial charge in [-0.2, -0.15) is 0 Å². The van der Waals surface area contributed by atoms with Crippen molar-refractivity contribution in [3.63, 3.8) is 0 Å². The number of phosphoric acid groups is 2. The molecule has 0 aliphatic carbocycles. The van der Waals surface area contributed by atoms with Crippen LogP contribution in [0.25, 0.3) is 0 Å². The van der Waals surface area contributed by atoms with Crippen LogP contribution in [0.15, 0.2) is 0 Å². The third-order valence-electron chi connectivity index (χ3n) is 17.4. The van der Waals surface area contributed by atoms with Crippen molar-refractivity contribution in [1.82, 2.24) is 0 Å². The highest BCUT2D eigenvalue weighted by Crippen LogP contribution is 2.45. The molecule has 17 nitrogen and oxygen atoms in total. The maximum Gasteiger partial charge on any atom is 0.472 e. The highest BCUT2D eigenvalue weighted by molar-refractivity contribution is 7.47. The van der Waals surface area contributed by atoms with Crippen LogP contribution in [0.3, 0.4) is 0 Å². The molecule has 0 radical (unpaired) electrons. The van der Waals surface area contributed by atoms with Gasteiger partial charge >= 0.3 is 39.5 Å². The number of aliphatic hydroxyl groups excluding tert-OH is 1. The number of aliphatic hydroxyl groups is 1. The highest BCUT2D eigenvalue weighted by Gasteiger charge is 2.30. The van der Waals surface area contributed by atoms with Gasteiger partial charge in [0.15, 0.2) is 12.2 Å². The smallest absolute Gasteiger partial charge is 0.462 e. The number of unbranched alkanes of at least 4 members (excludes halogenated alkanes) is 41. The third kappa shape index (κ3) is 68.6. The zero-order valence-corrected chi connectivity index (χ0v) is 63.2. The van der Waals surface area contributed by atoms with Crippen molar-refractivity contribution in [2.45, 2.75) is 401 Å². The fourth-order valence-corrected chi connectivity index (χ4v) is 13.0. The summed E-state index contributed by atoms with van der Waals surface area (Å²) in [5.41, 5.74) is 0. The molecule has 0 heterocycles. The van der Waals surface area contributed by atoms with Crippen LogP contribution >= 0.6 is 15.6 Å². The summed E-state index contributed by atoms with van der Waals surface area (Å²) in [6.45, 7) is 11.9. The lowest BCUT2D eigenvalue weighted by molar-refractivity contribution is -0.161. The van der Waals surface area contributed by atoms with Crippen LogP contribution in [-0.2, 0) is 65.4 Å². The maximum atomic E-state index is 13.1. The Hall–Kier alpha value is -1.94. The molecule has 0 aromatic rings. The van der Waals surface area contributed by atoms with Gasteiger partial charge in [-0.25, -0.2) is 9.13 Å². The molecule has 0 rings (SSSR count). The van der Waals surface area contributed by atoms with Crippen LogP contribution in [0.5, 0.6) is 0 Å². The van der Waals surface area contributed by atoms with E-state index in [1.54, 1.807) is 0 Å². The topological polar surface area (TPSA) is 237 Å². The minimum Gasteiger partial charge on any atom is -0.462 e. The van der Waals surface area contributed by atoms with Crippen molar-refractivity contribution in [2.24, 2.45) is 17.8 Å². The van der Waals surface area contributed by atoms with Gasteiger partial charge in [-0.05, 0) is 43.4 Å². The molecule has 3 N–H and O–H groups in total. The van der Waals surface area contributed by atoms with E-state index in [9.17, 15) is 43.2 Å². The Labute approximate surface area is 575 Å². The summed E-state index contributed by atoms with van der Waals surface area (Å²) in [6, 6.07) is 0. The van der Waals surface area contributed by atoms with Crippen LogP contribution in [0, 0.1) is 17.8 Å². The second kappa shape index (κ2) is 65.7. The Morgan fingerprint density at radius 1 is 0.287 bits per heavy atom. The first kappa shape index (κ1) is 92.1. The van der Waals surface area contributed by atoms with Crippen LogP contribution in [0.1, 0.15) is 382 Å². The van der Waals surface area contributed by atoms with Gasteiger partial charge < -0.3 is 33.8 Å². The molecule has 0 spiro atoms. The second-order valence-electron chi connectivity index (χ2n) is 28.5. The molecule has 558 valence electrons. The van der Waals surface area contributed by atoms with E-state index in [2.05, 4.69) is 48.5 Å². The van der Waals surface area contributed by atoms with Crippen molar-refractivity contribution >= 4 is 39.5 Å². The molecule has 0 aromatic heterocycles. The molecule has 2 unspecified atom stereocenters. The van der Waals surface area contributed by atoms with Crippen molar-refractivity contribution in [3.05, 3.63) is 0 Å². The molecule has 19 heteroatoms. The van der Waals surface area contributed by atoms with Crippen LogP contribution in [0.2, 0.25) is 0 Å². The van der Waals surface area contributed by atoms with Gasteiger partial charge in [0.2, 0.25) is 0 Å². The fourth-order valence-electron chi connectivity index (χ4n) is 11.4. The number of esters is 4. The Balaban J connectivity index is 5.24. The molecule has 0 amide bonds. The van der Waals surface area contributed by atoms with Crippen LogP contribution < -0.4 is 0 Å². The molecule has 0 fully saturated rings. The van der Waals surface area contributed by atoms with Crippen molar-refractivity contribution in [3.8, 4) is 0 Å². The number of ether oxygens (including phenoxy) is 4. The average molecular weight is 1380 g/mol. The minimum atomic E-state index is -4.96. The molecular formula is C75H146O17P2. The number of carbonyl (C=O) groups excluding carboxylic acids is 4. The number of hydrogen-bond acceptors (Lipinski definition) is 15. The lowest BCUT2D eigenvalue weighted by Gasteiger charge is -2.21. The summed E-state index contributed by atoms with van der Waals surface area (Å²) in [5, 5.41) is 10.6. The van der Waals surface area contributed by atoms with E-state index in [-0.39, 0.29) is 25.7 Å². The van der Waals surface area contributed by atoms with Gasteiger partial charge in [0.05, 0.1) is 26.4 Å². The van der Waals surface area contributed by atoms with E-state index >= 15 is 0 Å². The van der Waals surface area contributed by atoms with E-state index < -0.39 is 97.5 Å². The number of rotatable bonds is 73. The molecule has 0 bridgehead atoms. The summed E-state index contributed by atoms with van der Waals surface area (Å²) in [6.07, 6.45) is 51.3. The molecule has 94 heavy (non-hydrogen) atoms. The van der Waals surface area contributed by atoms with Crippen molar-refractivity contribution in [1.29, 1.82) is 0 Å². The van der Waals surface area contributed by atoms with E-state index in [0.717, 1.165) is 108 Å². The van der Waals surface area contributed by atoms with Gasteiger partial charge in [-0.3, -0.25) is 37.3 Å². The lowest BCUT2D eigenvalue weighted by atomic mass is 10.0. The number of hydrogen-bond donors (Lipinski definition) is 3. The molecule has 0 aromatic carbocycles. The van der Waals surface area contributed by atoms with Crippen molar-refractivity contribution < 1.29 is 80.2 Å². The van der Waals surface area contributed by atoms with Gasteiger partial charge in [-0.15, -0.1) is 0 Å². The molecule has 0 aliphatic rings. The number of phosphoric ester groups is 2. The van der Waals surface area contributed by atoms with E-state index in [1.165, 1.54) is 193 Å². The predicted molar refractivity (Wildman–Crippen MR) is 381 cm³/mol. The zero-order valence-electron chi connectivity index (χ0n) is 61.4. The van der Waals surface area contributed by atoms with Crippen molar-refractivity contribution in [2.75, 3.05) is 39.6 Å². The van der Waals surface area contributed by atoms with E-state index in [4.69, 9.17) is 37.0 Å². The summed E-state index contributed by atoms with van der Waals surface area (Å²) >= 11 is 0. The third-order valence-corrected chi connectivity index (χ3v) is 19.3. The molecule has 0 saturated carbocycles. The molecular weight excluding hydrogens is 1230 g/mol. The molecule has 0 aliphatic heterocycles. The zero-order chi connectivity index (χ0) is 69.4. The average Bonchev–Trinajstić information content (AvgIpc) is 3.48. The lowest BCUT2D eigenvalue weighted by Crippen LogP contribution is -2.30. The monoisotopic (exact) mass is 1380 g/mol. The summed E-state index contributed by atoms with van der Waals surface area (Å²) in [4.78, 5) is 72.7. The summed E-state index contributed by atoms with van der Waals surface area (Å²) in [7, 11) is -9.91. The largest absolute Gasteiger partial charge is 0.472 e. The first-order valence-corrected chi connectivity index (χ1v) is 41.8. The minimum absolute atomic E-state index is 0.105. The Morgan fingerprint density at radius 3 is 0.723 bits per heavy atom. The first-order chi connectivity index (χ1) is 45.2. The van der Waals surface area contributed by atoms with Gasteiger partial charge in [0.25, 0.3) is 0 Å². The quantitative estimate of drug-likeness (QED) is 0.0222. The summed E-state index contributed by atoms with van der Waals surface area (Å²) in [5.74, 6) is 0.191.